The number of thiazole rings is 1. The number of carbonyl (C=O) groups excluding carboxylic acids is 1. The molecule has 0 saturated carbocycles. The molecule has 46 heavy (non-hydrogen) atoms. The lowest BCUT2D eigenvalue weighted by atomic mass is 9.95. The Balaban J connectivity index is 1.43. The standard InChI is InChI=1S/C33H45ClN6O4SSi/c1-19-35-23-12-11-21(27(34)28(23)45-19)22-17-39(18-43-14-15-46(7,8)9)29-26(22)30(41)38(6)31(36-29)40-20-10-13-24(40)25(16-20)37(5)32(42)44-33(2,3)4/h11-12,17,20,24-25H,10,13-16,18H2,1-9H3/t20-,24+,25+/m0/s1. The van der Waals surface area contributed by atoms with Gasteiger partial charge in [-0.25, -0.2) is 9.78 Å². The van der Waals surface area contributed by atoms with Gasteiger partial charge in [0.05, 0.1) is 37.7 Å². The van der Waals surface area contributed by atoms with E-state index in [0.29, 0.717) is 28.6 Å². The number of fused-ring (bicyclic) bond motifs is 4. The molecule has 6 rings (SSSR count). The maximum Gasteiger partial charge on any atom is 0.410 e. The van der Waals surface area contributed by atoms with Gasteiger partial charge in [-0.3, -0.25) is 9.36 Å². The summed E-state index contributed by atoms with van der Waals surface area (Å²) in [5.41, 5.74) is 2.20. The fourth-order valence-electron chi connectivity index (χ4n) is 6.81. The molecule has 2 bridgehead atoms. The van der Waals surface area contributed by atoms with Gasteiger partial charge in [0.15, 0.2) is 5.65 Å². The minimum atomic E-state index is -1.29. The van der Waals surface area contributed by atoms with Crippen LogP contribution >= 0.6 is 22.9 Å². The van der Waals surface area contributed by atoms with Crippen LogP contribution in [0.4, 0.5) is 10.7 Å². The zero-order valence-electron chi connectivity index (χ0n) is 28.3. The molecular weight excluding hydrogens is 640 g/mol. The third kappa shape index (κ3) is 6.09. The van der Waals surface area contributed by atoms with Crippen LogP contribution in [0.25, 0.3) is 32.4 Å². The summed E-state index contributed by atoms with van der Waals surface area (Å²) in [5.74, 6) is 0.609. The number of likely N-dealkylation sites (N-methyl/N-ethyl adjacent to an activating group) is 1. The van der Waals surface area contributed by atoms with Gasteiger partial charge in [-0.05, 0) is 59.1 Å². The monoisotopic (exact) mass is 684 g/mol. The molecule has 3 atom stereocenters. The van der Waals surface area contributed by atoms with Crippen molar-refractivity contribution >= 4 is 64.3 Å². The number of aryl methyl sites for hydroxylation is 1. The minimum absolute atomic E-state index is 0.0281. The first-order chi connectivity index (χ1) is 21.5. The molecule has 0 spiro atoms. The number of carbonyl (C=O) groups is 1. The summed E-state index contributed by atoms with van der Waals surface area (Å²) < 4.78 is 16.4. The number of hydrogen-bond donors (Lipinski definition) is 0. The van der Waals surface area contributed by atoms with E-state index >= 15 is 0 Å². The molecule has 10 nitrogen and oxygen atoms in total. The van der Waals surface area contributed by atoms with E-state index in [2.05, 4.69) is 29.5 Å². The highest BCUT2D eigenvalue weighted by Gasteiger charge is 2.50. The van der Waals surface area contributed by atoms with Crippen LogP contribution in [0, 0.1) is 6.92 Å². The summed E-state index contributed by atoms with van der Waals surface area (Å²) >= 11 is 8.56. The van der Waals surface area contributed by atoms with Crippen molar-refractivity contribution in [3.05, 3.63) is 38.7 Å². The van der Waals surface area contributed by atoms with E-state index in [1.807, 2.05) is 57.6 Å². The van der Waals surface area contributed by atoms with Gasteiger partial charge >= 0.3 is 6.09 Å². The van der Waals surface area contributed by atoms with Crippen LogP contribution in [0.2, 0.25) is 30.7 Å². The Morgan fingerprint density at radius 3 is 2.61 bits per heavy atom. The fourth-order valence-corrected chi connectivity index (χ4v) is 8.80. The molecule has 13 heteroatoms. The Bertz CT molecular complexity index is 1870. The topological polar surface area (TPSA) is 94.7 Å². The van der Waals surface area contributed by atoms with E-state index in [9.17, 15) is 9.59 Å². The zero-order chi connectivity index (χ0) is 33.3. The third-order valence-corrected chi connectivity index (χ3v) is 12.3. The number of benzene rings is 1. The predicted molar refractivity (Wildman–Crippen MR) is 189 cm³/mol. The predicted octanol–water partition coefficient (Wildman–Crippen LogP) is 7.26. The van der Waals surface area contributed by atoms with Crippen LogP contribution in [0.5, 0.6) is 0 Å². The van der Waals surface area contributed by atoms with E-state index in [-0.39, 0.29) is 36.5 Å². The first kappa shape index (κ1) is 33.0. The third-order valence-electron chi connectivity index (χ3n) is 9.11. The Labute approximate surface area is 280 Å². The highest BCUT2D eigenvalue weighted by Crippen LogP contribution is 2.44. The summed E-state index contributed by atoms with van der Waals surface area (Å²) in [5, 5.41) is 2.03. The maximum atomic E-state index is 14.4. The van der Waals surface area contributed by atoms with Gasteiger partial charge in [-0.1, -0.05) is 37.3 Å². The zero-order valence-corrected chi connectivity index (χ0v) is 30.9. The fraction of sp³-hybridized carbons (Fsp3) is 0.576. The van der Waals surface area contributed by atoms with Gasteiger partial charge in [-0.15, -0.1) is 11.3 Å². The first-order valence-electron chi connectivity index (χ1n) is 16.0. The molecular formula is C33H45ClN6O4SSi. The highest BCUT2D eigenvalue weighted by atomic mass is 35.5. The van der Waals surface area contributed by atoms with Crippen LogP contribution in [-0.4, -0.2) is 75.6 Å². The number of hydrogen-bond acceptors (Lipinski definition) is 8. The van der Waals surface area contributed by atoms with Crippen molar-refractivity contribution in [1.29, 1.82) is 0 Å². The van der Waals surface area contributed by atoms with Crippen molar-refractivity contribution in [2.45, 2.75) is 103 Å². The maximum absolute atomic E-state index is 14.4. The molecule has 1 amide bonds. The lowest BCUT2D eigenvalue weighted by molar-refractivity contribution is 0.0202. The number of ether oxygens (including phenoxy) is 2. The van der Waals surface area contributed by atoms with Crippen LogP contribution in [-0.2, 0) is 23.3 Å². The van der Waals surface area contributed by atoms with E-state index < -0.39 is 13.7 Å². The number of halogens is 1. The number of anilines is 1. The van der Waals surface area contributed by atoms with Crippen LogP contribution < -0.4 is 10.5 Å². The molecule has 1 aromatic carbocycles. The van der Waals surface area contributed by atoms with Crippen molar-refractivity contribution < 1.29 is 14.3 Å². The Kier molecular flexibility index (Phi) is 8.57. The molecule has 2 aliphatic rings. The lowest BCUT2D eigenvalue weighted by Gasteiger charge is -2.33. The molecule has 4 aromatic rings. The SMILES string of the molecule is Cc1nc2ccc(-c3cn(COCC[Si](C)(C)C)c4nc(N5[C@H]6CC[C@@H]5[C@H](N(C)C(=O)OC(C)(C)C)C6)n(C)c(=O)c34)c(Cl)c2s1. The van der Waals surface area contributed by atoms with Gasteiger partial charge in [0, 0.05) is 52.1 Å². The summed E-state index contributed by atoms with van der Waals surface area (Å²) in [6.07, 6.45) is 4.31. The van der Waals surface area contributed by atoms with Gasteiger partial charge in [-0.2, -0.15) is 4.98 Å². The molecule has 0 N–H and O–H groups in total. The average molecular weight is 685 g/mol. The largest absolute Gasteiger partial charge is 0.444 e. The molecule has 2 fully saturated rings. The van der Waals surface area contributed by atoms with E-state index in [1.54, 1.807) is 27.9 Å². The lowest BCUT2D eigenvalue weighted by Crippen LogP contribution is -2.47. The summed E-state index contributed by atoms with van der Waals surface area (Å²) in [6, 6.07) is 5.10. The minimum Gasteiger partial charge on any atom is -0.444 e. The van der Waals surface area contributed by atoms with Gasteiger partial charge in [0.2, 0.25) is 5.95 Å². The van der Waals surface area contributed by atoms with Crippen LogP contribution in [0.15, 0.2) is 23.1 Å². The van der Waals surface area contributed by atoms with E-state index in [4.69, 9.17) is 26.1 Å². The molecule has 0 unspecified atom stereocenters. The molecule has 3 aromatic heterocycles. The van der Waals surface area contributed by atoms with Gasteiger partial charge in [0.1, 0.15) is 12.3 Å². The Hall–Kier alpha value is -2.93. The molecule has 2 saturated heterocycles. The molecule has 0 aliphatic carbocycles. The van der Waals surface area contributed by atoms with Crippen molar-refractivity contribution in [3.63, 3.8) is 0 Å². The number of amides is 1. The molecule has 2 aliphatic heterocycles. The van der Waals surface area contributed by atoms with Crippen LogP contribution in [0.1, 0.15) is 45.0 Å². The average Bonchev–Trinajstić information content (AvgIpc) is 3.72. The second-order valence-corrected chi connectivity index (χ2v) is 22.1. The first-order valence-corrected chi connectivity index (χ1v) is 20.9. The van der Waals surface area contributed by atoms with Crippen molar-refractivity contribution in [2.75, 3.05) is 18.6 Å². The molecule has 0 radical (unpaired) electrons. The number of rotatable bonds is 8. The van der Waals surface area contributed by atoms with E-state index in [1.165, 1.54) is 0 Å². The van der Waals surface area contributed by atoms with Crippen molar-refractivity contribution in [1.82, 2.24) is 24.0 Å². The summed E-state index contributed by atoms with van der Waals surface area (Å²) in [4.78, 5) is 41.2. The second kappa shape index (κ2) is 11.9. The van der Waals surface area contributed by atoms with Crippen LogP contribution in [0.3, 0.4) is 0 Å². The second-order valence-electron chi connectivity index (χ2n) is 14.9. The Morgan fingerprint density at radius 1 is 1.17 bits per heavy atom. The normalized spacial score (nSPS) is 20.0. The smallest absolute Gasteiger partial charge is 0.410 e. The molecule has 5 heterocycles. The number of aromatic nitrogens is 4. The van der Waals surface area contributed by atoms with Crippen molar-refractivity contribution in [2.24, 2.45) is 7.05 Å². The molecule has 248 valence electrons. The Morgan fingerprint density at radius 2 is 1.91 bits per heavy atom. The van der Waals surface area contributed by atoms with E-state index in [0.717, 1.165) is 51.7 Å². The quantitative estimate of drug-likeness (QED) is 0.142. The summed E-state index contributed by atoms with van der Waals surface area (Å²) in [6.45, 7) is 15.5. The van der Waals surface area contributed by atoms with Gasteiger partial charge in [0.25, 0.3) is 5.56 Å². The van der Waals surface area contributed by atoms with Gasteiger partial charge < -0.3 is 23.8 Å². The van der Waals surface area contributed by atoms with Crippen molar-refractivity contribution in [3.8, 4) is 11.1 Å². The number of nitrogens with zero attached hydrogens (tertiary/aromatic N) is 6. The summed E-state index contributed by atoms with van der Waals surface area (Å²) in [7, 11) is 2.32. The highest BCUT2D eigenvalue weighted by molar-refractivity contribution is 7.19.